The Labute approximate surface area is 149 Å². The van der Waals surface area contributed by atoms with Gasteiger partial charge in [0.2, 0.25) is 5.91 Å². The summed E-state index contributed by atoms with van der Waals surface area (Å²) in [5.41, 5.74) is 3.95. The van der Waals surface area contributed by atoms with E-state index in [0.29, 0.717) is 25.2 Å². The SMILES string of the molecule is C=CC(=O)NCc1ccc(C(=O)N2Cc3cccc(Br)c3C2)cc1. The molecule has 1 aliphatic rings. The van der Waals surface area contributed by atoms with E-state index in [0.717, 1.165) is 10.0 Å². The van der Waals surface area contributed by atoms with Gasteiger partial charge in [0.15, 0.2) is 0 Å². The summed E-state index contributed by atoms with van der Waals surface area (Å²) in [6.45, 7) is 5.08. The smallest absolute Gasteiger partial charge is 0.254 e. The molecular formula is C19H17BrN2O2. The number of nitrogens with one attached hydrogen (secondary N) is 1. The zero-order valence-corrected chi connectivity index (χ0v) is 14.7. The van der Waals surface area contributed by atoms with Gasteiger partial charge in [-0.2, -0.15) is 0 Å². The molecule has 24 heavy (non-hydrogen) atoms. The number of rotatable bonds is 4. The van der Waals surface area contributed by atoms with Crippen LogP contribution in [-0.2, 0) is 24.4 Å². The van der Waals surface area contributed by atoms with Gasteiger partial charge in [0.05, 0.1) is 0 Å². The number of benzene rings is 2. The Morgan fingerprint density at radius 2 is 1.92 bits per heavy atom. The van der Waals surface area contributed by atoms with Gasteiger partial charge in [0.1, 0.15) is 0 Å². The summed E-state index contributed by atoms with van der Waals surface area (Å²) in [4.78, 5) is 25.7. The third-order valence-corrected chi connectivity index (χ3v) is 4.81. The summed E-state index contributed by atoms with van der Waals surface area (Å²) in [5, 5.41) is 2.71. The van der Waals surface area contributed by atoms with Crippen molar-refractivity contribution in [1.29, 1.82) is 0 Å². The Morgan fingerprint density at radius 1 is 1.17 bits per heavy atom. The second kappa shape index (κ2) is 7.01. The lowest BCUT2D eigenvalue weighted by Crippen LogP contribution is -2.25. The van der Waals surface area contributed by atoms with Crippen molar-refractivity contribution in [2.45, 2.75) is 19.6 Å². The highest BCUT2D eigenvalue weighted by Gasteiger charge is 2.25. The van der Waals surface area contributed by atoms with Crippen molar-refractivity contribution in [3.63, 3.8) is 0 Å². The first-order valence-corrected chi connectivity index (χ1v) is 8.42. The highest BCUT2D eigenvalue weighted by atomic mass is 79.9. The van der Waals surface area contributed by atoms with Crippen LogP contribution in [0.25, 0.3) is 0 Å². The quantitative estimate of drug-likeness (QED) is 0.821. The largest absolute Gasteiger partial charge is 0.348 e. The van der Waals surface area contributed by atoms with Crippen LogP contribution in [0.4, 0.5) is 0 Å². The number of nitrogens with zero attached hydrogens (tertiary/aromatic N) is 1. The minimum absolute atomic E-state index is 0.0137. The van der Waals surface area contributed by atoms with Crippen molar-refractivity contribution >= 4 is 27.7 Å². The number of amides is 2. The minimum atomic E-state index is -0.212. The second-order valence-corrected chi connectivity index (χ2v) is 6.51. The molecule has 0 fully saturated rings. The molecule has 2 aromatic rings. The van der Waals surface area contributed by atoms with Gasteiger partial charge in [0, 0.05) is 29.7 Å². The third-order valence-electron chi connectivity index (χ3n) is 4.07. The van der Waals surface area contributed by atoms with Crippen LogP contribution in [-0.4, -0.2) is 16.7 Å². The van der Waals surface area contributed by atoms with Crippen molar-refractivity contribution in [2.75, 3.05) is 0 Å². The van der Waals surface area contributed by atoms with Gasteiger partial charge >= 0.3 is 0 Å². The topological polar surface area (TPSA) is 49.4 Å². The molecule has 3 rings (SSSR count). The molecule has 0 atom stereocenters. The Hall–Kier alpha value is -2.40. The molecule has 0 aromatic heterocycles. The van der Waals surface area contributed by atoms with Gasteiger partial charge in [-0.3, -0.25) is 9.59 Å². The lowest BCUT2D eigenvalue weighted by molar-refractivity contribution is -0.116. The molecule has 5 heteroatoms. The van der Waals surface area contributed by atoms with Gasteiger partial charge in [-0.25, -0.2) is 0 Å². The van der Waals surface area contributed by atoms with Crippen molar-refractivity contribution in [1.82, 2.24) is 10.2 Å². The van der Waals surface area contributed by atoms with Crippen LogP contribution in [0.1, 0.15) is 27.0 Å². The molecule has 0 aliphatic carbocycles. The molecule has 2 amide bonds. The molecule has 1 N–H and O–H groups in total. The molecular weight excluding hydrogens is 368 g/mol. The lowest BCUT2D eigenvalue weighted by Gasteiger charge is -2.15. The number of fused-ring (bicyclic) bond motifs is 1. The predicted octanol–water partition coefficient (Wildman–Crippen LogP) is 3.41. The lowest BCUT2D eigenvalue weighted by atomic mass is 10.1. The Kier molecular flexibility index (Phi) is 4.81. The summed E-state index contributed by atoms with van der Waals surface area (Å²) in [6.07, 6.45) is 1.24. The third kappa shape index (κ3) is 3.41. The standard InChI is InChI=1S/C19H17BrN2O2/c1-2-18(23)21-10-13-6-8-14(9-7-13)19(24)22-11-15-4-3-5-17(20)16(15)12-22/h2-9H,1,10-12H2,(H,21,23). The van der Waals surface area contributed by atoms with E-state index < -0.39 is 0 Å². The molecule has 0 saturated heterocycles. The van der Waals surface area contributed by atoms with Crippen LogP contribution in [0.3, 0.4) is 0 Å². The first-order valence-electron chi connectivity index (χ1n) is 7.63. The molecule has 122 valence electrons. The van der Waals surface area contributed by atoms with Crippen molar-refractivity contribution in [2.24, 2.45) is 0 Å². The van der Waals surface area contributed by atoms with E-state index in [1.165, 1.54) is 17.2 Å². The minimum Gasteiger partial charge on any atom is -0.348 e. The van der Waals surface area contributed by atoms with E-state index >= 15 is 0 Å². The van der Waals surface area contributed by atoms with Gasteiger partial charge < -0.3 is 10.2 Å². The van der Waals surface area contributed by atoms with Gasteiger partial charge in [-0.15, -0.1) is 0 Å². The summed E-state index contributed by atoms with van der Waals surface area (Å²) in [6, 6.07) is 13.4. The summed E-state index contributed by atoms with van der Waals surface area (Å²) < 4.78 is 1.05. The molecule has 0 radical (unpaired) electrons. The molecule has 2 aromatic carbocycles. The van der Waals surface area contributed by atoms with E-state index in [1.54, 1.807) is 12.1 Å². The molecule has 4 nitrogen and oxygen atoms in total. The average molecular weight is 385 g/mol. The average Bonchev–Trinajstić information content (AvgIpc) is 3.05. The summed E-state index contributed by atoms with van der Waals surface area (Å²) >= 11 is 3.55. The molecule has 1 aliphatic heterocycles. The van der Waals surface area contributed by atoms with Gasteiger partial charge in [0.25, 0.3) is 5.91 Å². The molecule has 1 heterocycles. The summed E-state index contributed by atoms with van der Waals surface area (Å²) in [5.74, 6) is -0.199. The fourth-order valence-electron chi connectivity index (χ4n) is 2.73. The normalized spacial score (nSPS) is 12.6. The maximum absolute atomic E-state index is 12.7. The highest BCUT2D eigenvalue weighted by Crippen LogP contribution is 2.30. The Morgan fingerprint density at radius 3 is 2.58 bits per heavy atom. The zero-order chi connectivity index (χ0) is 17.1. The van der Waals surface area contributed by atoms with E-state index in [9.17, 15) is 9.59 Å². The number of hydrogen-bond donors (Lipinski definition) is 1. The molecule has 0 unspecified atom stereocenters. The fraction of sp³-hybridized carbons (Fsp3) is 0.158. The van der Waals surface area contributed by atoms with Crippen LogP contribution < -0.4 is 5.32 Å². The molecule has 0 bridgehead atoms. The van der Waals surface area contributed by atoms with Crippen molar-refractivity contribution < 1.29 is 9.59 Å². The van der Waals surface area contributed by atoms with E-state index in [4.69, 9.17) is 0 Å². The Balaban J connectivity index is 1.67. The van der Waals surface area contributed by atoms with Crippen molar-refractivity contribution in [3.05, 3.63) is 81.8 Å². The Bertz CT molecular complexity index is 800. The van der Waals surface area contributed by atoms with E-state index in [-0.39, 0.29) is 11.8 Å². The molecule has 0 saturated carbocycles. The van der Waals surface area contributed by atoms with E-state index in [1.807, 2.05) is 29.2 Å². The monoisotopic (exact) mass is 384 g/mol. The van der Waals surface area contributed by atoms with Gasteiger partial charge in [-0.05, 0) is 41.0 Å². The number of hydrogen-bond acceptors (Lipinski definition) is 2. The highest BCUT2D eigenvalue weighted by molar-refractivity contribution is 9.10. The molecule has 0 spiro atoms. The van der Waals surface area contributed by atoms with Crippen LogP contribution in [0, 0.1) is 0 Å². The summed E-state index contributed by atoms with van der Waals surface area (Å²) in [7, 11) is 0. The first-order chi connectivity index (χ1) is 11.6. The van der Waals surface area contributed by atoms with E-state index in [2.05, 4.69) is 33.9 Å². The zero-order valence-electron chi connectivity index (χ0n) is 13.1. The van der Waals surface area contributed by atoms with Crippen LogP contribution in [0.15, 0.2) is 59.6 Å². The van der Waals surface area contributed by atoms with Gasteiger partial charge in [-0.1, -0.05) is 46.8 Å². The maximum atomic E-state index is 12.7. The van der Waals surface area contributed by atoms with Crippen molar-refractivity contribution in [3.8, 4) is 0 Å². The van der Waals surface area contributed by atoms with Crippen LogP contribution in [0.2, 0.25) is 0 Å². The van der Waals surface area contributed by atoms with Crippen LogP contribution in [0.5, 0.6) is 0 Å². The van der Waals surface area contributed by atoms with Crippen LogP contribution >= 0.6 is 15.9 Å². The number of carbonyl (C=O) groups is 2. The first kappa shape index (κ1) is 16.5. The second-order valence-electron chi connectivity index (χ2n) is 5.66. The number of carbonyl (C=O) groups excluding carboxylic acids is 2. The predicted molar refractivity (Wildman–Crippen MR) is 96.2 cm³/mol. The maximum Gasteiger partial charge on any atom is 0.254 e. The fourth-order valence-corrected chi connectivity index (χ4v) is 3.27. The number of halogens is 1.